The lowest BCUT2D eigenvalue weighted by atomic mass is 10.0. The van der Waals surface area contributed by atoms with Crippen LogP contribution in [0.4, 0.5) is 15.8 Å². The summed E-state index contributed by atoms with van der Waals surface area (Å²) in [7, 11) is 5.41. The second-order valence-electron chi connectivity index (χ2n) is 11.9. The number of halogens is 1. The summed E-state index contributed by atoms with van der Waals surface area (Å²) in [4.78, 5) is 36.3. The molecule has 0 spiro atoms. The predicted molar refractivity (Wildman–Crippen MR) is 180 cm³/mol. The summed E-state index contributed by atoms with van der Waals surface area (Å²) in [6, 6.07) is 14.2. The van der Waals surface area contributed by atoms with E-state index in [1.165, 1.54) is 13.0 Å². The number of carbonyl (C=O) groups is 1. The van der Waals surface area contributed by atoms with E-state index in [2.05, 4.69) is 20.5 Å². The molecule has 1 amide bonds. The molecule has 1 aliphatic heterocycles. The first-order valence-corrected chi connectivity index (χ1v) is 15.5. The van der Waals surface area contributed by atoms with Crippen LogP contribution in [0.3, 0.4) is 0 Å². The number of anilines is 2. The van der Waals surface area contributed by atoms with Crippen molar-refractivity contribution in [3.05, 3.63) is 77.4 Å². The summed E-state index contributed by atoms with van der Waals surface area (Å²) in [5, 5.41) is 6.32. The molecule has 6 aromatic rings. The molecule has 47 heavy (non-hydrogen) atoms. The standard InChI is InChI=1S/C34H36FN9O3/c1-21(45)38-23-7-5-22(6-8-23)25-17-27-29(18-26(25)35)44(33(39-27)31-19-36-20-40(31)2)24-15-28(37-9-10-43-11-13-47-14-12-43)32-30(16-24)41(3)34(46)42(32)4/h5-8,15-20,37H,9-14H2,1-4H3,(H,38,45). The number of hydrogen-bond donors (Lipinski definition) is 2. The van der Waals surface area contributed by atoms with Gasteiger partial charge in [-0.3, -0.25) is 23.4 Å². The van der Waals surface area contributed by atoms with Crippen molar-refractivity contribution in [2.75, 3.05) is 50.0 Å². The average Bonchev–Trinajstić information content (AvgIpc) is 3.71. The quantitative estimate of drug-likeness (QED) is 0.258. The molecule has 3 aromatic heterocycles. The van der Waals surface area contributed by atoms with Crippen molar-refractivity contribution < 1.29 is 13.9 Å². The zero-order valence-corrected chi connectivity index (χ0v) is 26.7. The molecule has 13 heteroatoms. The Labute approximate surface area is 270 Å². The fraction of sp³-hybridized carbons (Fsp3) is 0.294. The van der Waals surface area contributed by atoms with Crippen LogP contribution in [0.5, 0.6) is 0 Å². The first-order valence-electron chi connectivity index (χ1n) is 15.5. The van der Waals surface area contributed by atoms with Crippen molar-refractivity contribution in [3.63, 3.8) is 0 Å². The summed E-state index contributed by atoms with van der Waals surface area (Å²) in [5.41, 5.74) is 6.46. The van der Waals surface area contributed by atoms with E-state index in [0.717, 1.165) is 61.0 Å². The normalized spacial score (nSPS) is 13.9. The van der Waals surface area contributed by atoms with Crippen molar-refractivity contribution in [3.8, 4) is 28.3 Å². The van der Waals surface area contributed by atoms with Crippen molar-refractivity contribution in [1.29, 1.82) is 0 Å². The number of imidazole rings is 3. The Morgan fingerprint density at radius 3 is 2.47 bits per heavy atom. The molecule has 0 bridgehead atoms. The van der Waals surface area contributed by atoms with Crippen LogP contribution in [-0.2, 0) is 30.7 Å². The number of rotatable bonds is 8. The van der Waals surface area contributed by atoms with E-state index in [1.807, 2.05) is 28.3 Å². The molecule has 0 atom stereocenters. The van der Waals surface area contributed by atoms with Crippen LogP contribution in [0.1, 0.15) is 6.92 Å². The maximum absolute atomic E-state index is 16.0. The largest absolute Gasteiger partial charge is 0.382 e. The molecular weight excluding hydrogens is 601 g/mol. The van der Waals surface area contributed by atoms with Gasteiger partial charge < -0.3 is 19.9 Å². The molecule has 242 valence electrons. The van der Waals surface area contributed by atoms with Gasteiger partial charge in [0.15, 0.2) is 5.82 Å². The molecule has 0 radical (unpaired) electrons. The average molecular weight is 638 g/mol. The number of carbonyl (C=O) groups excluding carboxylic acids is 1. The van der Waals surface area contributed by atoms with Gasteiger partial charge in [-0.25, -0.2) is 19.2 Å². The Kier molecular flexibility index (Phi) is 7.86. The maximum Gasteiger partial charge on any atom is 0.328 e. The molecule has 0 saturated carbocycles. The second-order valence-corrected chi connectivity index (χ2v) is 11.9. The highest BCUT2D eigenvalue weighted by atomic mass is 19.1. The molecular formula is C34H36FN9O3. The minimum absolute atomic E-state index is 0.143. The van der Waals surface area contributed by atoms with Gasteiger partial charge in [0, 0.05) is 71.6 Å². The number of amides is 1. The lowest BCUT2D eigenvalue weighted by Crippen LogP contribution is -2.39. The maximum atomic E-state index is 16.0. The molecule has 2 N–H and O–H groups in total. The molecule has 1 aliphatic rings. The smallest absolute Gasteiger partial charge is 0.328 e. The van der Waals surface area contributed by atoms with E-state index in [0.29, 0.717) is 40.2 Å². The molecule has 1 saturated heterocycles. The topological polar surface area (TPSA) is 116 Å². The van der Waals surface area contributed by atoms with Crippen LogP contribution >= 0.6 is 0 Å². The van der Waals surface area contributed by atoms with E-state index < -0.39 is 5.82 Å². The van der Waals surface area contributed by atoms with Crippen molar-refractivity contribution in [2.24, 2.45) is 21.1 Å². The number of hydrogen-bond acceptors (Lipinski definition) is 7. The lowest BCUT2D eigenvalue weighted by molar-refractivity contribution is -0.114. The molecule has 7 rings (SSSR count). The fourth-order valence-electron chi connectivity index (χ4n) is 6.34. The summed E-state index contributed by atoms with van der Waals surface area (Å²) in [6.07, 6.45) is 3.43. The predicted octanol–water partition coefficient (Wildman–Crippen LogP) is 4.13. The van der Waals surface area contributed by atoms with Gasteiger partial charge in [-0.2, -0.15) is 0 Å². The number of fused-ring (bicyclic) bond motifs is 2. The van der Waals surface area contributed by atoms with Gasteiger partial charge in [-0.1, -0.05) is 12.1 Å². The van der Waals surface area contributed by atoms with E-state index in [9.17, 15) is 9.59 Å². The van der Waals surface area contributed by atoms with Gasteiger partial charge in [0.05, 0.1) is 59.2 Å². The third kappa shape index (κ3) is 5.57. The first kappa shape index (κ1) is 30.4. The van der Waals surface area contributed by atoms with Crippen molar-refractivity contribution >= 4 is 39.3 Å². The van der Waals surface area contributed by atoms with Gasteiger partial charge in [-0.15, -0.1) is 0 Å². The van der Waals surface area contributed by atoms with E-state index in [4.69, 9.17) is 9.72 Å². The monoisotopic (exact) mass is 637 g/mol. The minimum Gasteiger partial charge on any atom is -0.382 e. The van der Waals surface area contributed by atoms with Gasteiger partial charge in [0.2, 0.25) is 5.91 Å². The van der Waals surface area contributed by atoms with Crippen LogP contribution < -0.4 is 16.3 Å². The lowest BCUT2D eigenvalue weighted by Gasteiger charge is -2.26. The van der Waals surface area contributed by atoms with Crippen LogP contribution in [0.15, 0.2) is 65.8 Å². The number of nitrogens with one attached hydrogen (secondary N) is 2. The van der Waals surface area contributed by atoms with E-state index in [1.54, 1.807) is 66.1 Å². The molecule has 0 aliphatic carbocycles. The Morgan fingerprint density at radius 2 is 1.77 bits per heavy atom. The molecule has 12 nitrogen and oxygen atoms in total. The minimum atomic E-state index is -0.417. The highest BCUT2D eigenvalue weighted by Crippen LogP contribution is 2.36. The van der Waals surface area contributed by atoms with Gasteiger partial charge in [0.1, 0.15) is 11.5 Å². The van der Waals surface area contributed by atoms with Crippen molar-refractivity contribution in [1.82, 2.24) is 33.1 Å². The first-order chi connectivity index (χ1) is 22.7. The highest BCUT2D eigenvalue weighted by Gasteiger charge is 2.22. The Bertz CT molecular complexity index is 2190. The number of aromatic nitrogens is 6. The van der Waals surface area contributed by atoms with Gasteiger partial charge in [-0.05, 0) is 35.9 Å². The van der Waals surface area contributed by atoms with Crippen LogP contribution in [0.25, 0.3) is 50.4 Å². The van der Waals surface area contributed by atoms with E-state index >= 15 is 4.39 Å². The Morgan fingerprint density at radius 1 is 1.00 bits per heavy atom. The SMILES string of the molecule is CC(=O)Nc1ccc(-c2cc3nc(-c4cncn4C)n(-c4cc(NCCN5CCOCC5)c5c(c4)n(C)c(=O)n5C)c3cc2F)cc1. The van der Waals surface area contributed by atoms with Crippen molar-refractivity contribution in [2.45, 2.75) is 6.92 Å². The third-order valence-corrected chi connectivity index (χ3v) is 8.76. The molecule has 3 aromatic carbocycles. The second kappa shape index (κ2) is 12.2. The third-order valence-electron chi connectivity index (χ3n) is 8.76. The Hall–Kier alpha value is -5.27. The van der Waals surface area contributed by atoms with Gasteiger partial charge in [0.25, 0.3) is 0 Å². The van der Waals surface area contributed by atoms with Crippen LogP contribution in [0.2, 0.25) is 0 Å². The zero-order chi connectivity index (χ0) is 32.8. The van der Waals surface area contributed by atoms with Gasteiger partial charge >= 0.3 is 5.69 Å². The number of nitrogens with zero attached hydrogens (tertiary/aromatic N) is 7. The molecule has 0 unspecified atom stereocenters. The summed E-state index contributed by atoms with van der Waals surface area (Å²) < 4.78 is 28.6. The van der Waals surface area contributed by atoms with E-state index in [-0.39, 0.29) is 11.6 Å². The summed E-state index contributed by atoms with van der Waals surface area (Å²) in [5.74, 6) is -0.0144. The van der Waals surface area contributed by atoms with Crippen LogP contribution in [0, 0.1) is 5.82 Å². The van der Waals surface area contributed by atoms with Crippen LogP contribution in [-0.4, -0.2) is 78.4 Å². The number of morpholine rings is 1. The fourth-order valence-corrected chi connectivity index (χ4v) is 6.34. The number of benzene rings is 3. The number of aryl methyl sites for hydroxylation is 3. The molecule has 4 heterocycles. The summed E-state index contributed by atoms with van der Waals surface area (Å²) >= 11 is 0. The molecule has 1 fully saturated rings. The Balaban J connectivity index is 1.38. The zero-order valence-electron chi connectivity index (χ0n) is 26.7. The highest BCUT2D eigenvalue weighted by molar-refractivity contribution is 5.94. The summed E-state index contributed by atoms with van der Waals surface area (Å²) in [6.45, 7) is 6.13. The number of ether oxygens (including phenoxy) is 1.